The zero-order chi connectivity index (χ0) is 15.3. The van der Waals surface area contributed by atoms with Gasteiger partial charge in [0, 0.05) is 30.8 Å². The van der Waals surface area contributed by atoms with Crippen molar-refractivity contribution >= 4 is 11.4 Å². The maximum atomic E-state index is 10.8. The van der Waals surface area contributed by atoms with Gasteiger partial charge in [-0.05, 0) is 12.1 Å². The monoisotopic (exact) mass is 279 g/mol. The van der Waals surface area contributed by atoms with Gasteiger partial charge in [0.2, 0.25) is 0 Å². The van der Waals surface area contributed by atoms with E-state index in [2.05, 4.69) is 0 Å². The molecule has 0 aliphatic rings. The Morgan fingerprint density at radius 2 is 2.05 bits per heavy atom. The Morgan fingerprint density at radius 3 is 2.50 bits per heavy atom. The van der Waals surface area contributed by atoms with E-state index in [0.717, 1.165) is 0 Å². The lowest BCUT2D eigenvalue weighted by Crippen LogP contribution is -2.39. The Balaban J connectivity index is 3.04. The highest BCUT2D eigenvalue weighted by Gasteiger charge is 2.25. The van der Waals surface area contributed by atoms with Crippen LogP contribution < -0.4 is 4.90 Å². The summed E-state index contributed by atoms with van der Waals surface area (Å²) < 4.78 is 0. The Labute approximate surface area is 116 Å². The van der Waals surface area contributed by atoms with E-state index < -0.39 is 10.3 Å². The molecule has 108 valence electrons. The van der Waals surface area contributed by atoms with Gasteiger partial charge in [-0.25, -0.2) is 0 Å². The van der Waals surface area contributed by atoms with Crippen LogP contribution in [0.1, 0.15) is 12.5 Å². The quantitative estimate of drug-likeness (QED) is 0.591. The van der Waals surface area contributed by atoms with Crippen molar-refractivity contribution in [3.8, 4) is 6.07 Å². The van der Waals surface area contributed by atoms with Gasteiger partial charge in [0.15, 0.2) is 0 Å². The molecule has 1 aromatic rings. The van der Waals surface area contributed by atoms with Gasteiger partial charge >= 0.3 is 0 Å². The number of hydrogen-bond donors (Lipinski definition) is 2. The second kappa shape index (κ2) is 6.32. The Morgan fingerprint density at radius 1 is 1.45 bits per heavy atom. The standard InChI is InChI=1S/C13H17N3O4/c1-13(8-17,9-18)7-15(2)11-3-4-12(16(19)20)10(5-11)6-14/h3-5,17-18H,7-9H2,1-2H3. The maximum Gasteiger partial charge on any atom is 0.287 e. The predicted octanol–water partition coefficient (Wildman–Crippen LogP) is 0.894. The van der Waals surface area contributed by atoms with Crippen molar-refractivity contribution in [3.63, 3.8) is 0 Å². The first-order valence-corrected chi connectivity index (χ1v) is 5.98. The summed E-state index contributed by atoms with van der Waals surface area (Å²) in [5, 5.41) is 38.2. The van der Waals surface area contributed by atoms with Crippen molar-refractivity contribution in [2.24, 2.45) is 5.41 Å². The molecule has 0 aliphatic carbocycles. The van der Waals surface area contributed by atoms with Gasteiger partial charge in [-0.3, -0.25) is 10.1 Å². The summed E-state index contributed by atoms with van der Waals surface area (Å²) in [4.78, 5) is 11.9. The van der Waals surface area contributed by atoms with Crippen molar-refractivity contribution in [1.82, 2.24) is 0 Å². The number of nitrogens with zero attached hydrogens (tertiary/aromatic N) is 3. The van der Waals surface area contributed by atoms with E-state index in [1.54, 1.807) is 24.9 Å². The molecule has 0 unspecified atom stereocenters. The number of aliphatic hydroxyl groups is 2. The van der Waals surface area contributed by atoms with Crippen LogP contribution in [0.4, 0.5) is 11.4 Å². The van der Waals surface area contributed by atoms with Crippen LogP contribution in [0, 0.1) is 26.9 Å². The number of nitriles is 1. The zero-order valence-corrected chi connectivity index (χ0v) is 11.4. The van der Waals surface area contributed by atoms with E-state index in [1.807, 2.05) is 0 Å². The Hall–Kier alpha value is -2.17. The summed E-state index contributed by atoms with van der Waals surface area (Å²) in [6.07, 6.45) is 0. The number of aliphatic hydroxyl groups excluding tert-OH is 2. The highest BCUT2D eigenvalue weighted by Crippen LogP contribution is 2.26. The summed E-state index contributed by atoms with van der Waals surface area (Å²) in [7, 11) is 1.73. The molecule has 7 heteroatoms. The van der Waals surface area contributed by atoms with E-state index in [1.165, 1.54) is 18.2 Å². The molecule has 0 aromatic heterocycles. The molecule has 20 heavy (non-hydrogen) atoms. The minimum absolute atomic E-state index is 0.0194. The molecule has 0 saturated heterocycles. The Bertz CT molecular complexity index is 535. The van der Waals surface area contributed by atoms with Crippen molar-refractivity contribution in [2.45, 2.75) is 6.92 Å². The summed E-state index contributed by atoms with van der Waals surface area (Å²) in [5.41, 5.74) is -0.338. The summed E-state index contributed by atoms with van der Waals surface area (Å²) >= 11 is 0. The second-order valence-electron chi connectivity index (χ2n) is 5.05. The van der Waals surface area contributed by atoms with Crippen LogP contribution in [0.5, 0.6) is 0 Å². The second-order valence-corrected chi connectivity index (χ2v) is 5.05. The lowest BCUT2D eigenvalue weighted by Gasteiger charge is -2.31. The molecular formula is C13H17N3O4. The summed E-state index contributed by atoms with van der Waals surface area (Å²) in [5.74, 6) is 0. The number of anilines is 1. The summed E-state index contributed by atoms with van der Waals surface area (Å²) in [6.45, 7) is 1.70. The fourth-order valence-corrected chi connectivity index (χ4v) is 1.82. The molecule has 0 fully saturated rings. The normalized spacial score (nSPS) is 10.9. The average Bonchev–Trinajstić information content (AvgIpc) is 2.46. The van der Waals surface area contributed by atoms with E-state index in [9.17, 15) is 20.3 Å². The first kappa shape index (κ1) is 15.9. The molecule has 0 atom stereocenters. The van der Waals surface area contributed by atoms with Gasteiger partial charge < -0.3 is 15.1 Å². The molecule has 0 heterocycles. The number of nitro benzene ring substituents is 1. The van der Waals surface area contributed by atoms with Crippen LogP contribution in [0.15, 0.2) is 18.2 Å². The first-order valence-electron chi connectivity index (χ1n) is 5.98. The predicted molar refractivity (Wildman–Crippen MR) is 73.4 cm³/mol. The molecule has 2 N–H and O–H groups in total. The molecule has 0 bridgehead atoms. The smallest absolute Gasteiger partial charge is 0.287 e. The Kier molecular flexibility index (Phi) is 5.02. The SMILES string of the molecule is CN(CC(C)(CO)CO)c1ccc([N+](=O)[O-])c(C#N)c1. The van der Waals surface area contributed by atoms with Crippen molar-refractivity contribution in [3.05, 3.63) is 33.9 Å². The third-order valence-electron chi connectivity index (χ3n) is 3.12. The number of rotatable bonds is 6. The maximum absolute atomic E-state index is 10.8. The van der Waals surface area contributed by atoms with Crippen molar-refractivity contribution in [1.29, 1.82) is 5.26 Å². The molecule has 0 spiro atoms. The van der Waals surface area contributed by atoms with Gasteiger partial charge in [-0.15, -0.1) is 0 Å². The minimum atomic E-state index is -0.691. The third-order valence-corrected chi connectivity index (χ3v) is 3.12. The average molecular weight is 279 g/mol. The molecule has 1 rings (SSSR count). The van der Waals surface area contributed by atoms with E-state index in [4.69, 9.17) is 5.26 Å². The number of hydrogen-bond acceptors (Lipinski definition) is 6. The molecule has 0 radical (unpaired) electrons. The zero-order valence-electron chi connectivity index (χ0n) is 11.4. The van der Waals surface area contributed by atoms with Crippen molar-refractivity contribution < 1.29 is 15.1 Å². The van der Waals surface area contributed by atoms with E-state index in [0.29, 0.717) is 12.2 Å². The van der Waals surface area contributed by atoms with Crippen LogP contribution >= 0.6 is 0 Å². The number of benzene rings is 1. The van der Waals surface area contributed by atoms with Crippen LogP contribution in [-0.4, -0.2) is 41.9 Å². The molecule has 0 amide bonds. The lowest BCUT2D eigenvalue weighted by atomic mass is 9.92. The molecular weight excluding hydrogens is 262 g/mol. The topological polar surface area (TPSA) is 111 Å². The van der Waals surface area contributed by atoms with E-state index >= 15 is 0 Å². The van der Waals surface area contributed by atoms with Gasteiger partial charge in [-0.2, -0.15) is 5.26 Å². The van der Waals surface area contributed by atoms with Crippen LogP contribution in [0.3, 0.4) is 0 Å². The molecule has 7 nitrogen and oxygen atoms in total. The first-order chi connectivity index (χ1) is 9.36. The van der Waals surface area contributed by atoms with Crippen LogP contribution in [0.2, 0.25) is 0 Å². The highest BCUT2D eigenvalue weighted by atomic mass is 16.6. The number of nitro groups is 1. The third kappa shape index (κ3) is 3.44. The van der Waals surface area contributed by atoms with Crippen LogP contribution in [0.25, 0.3) is 0 Å². The highest BCUT2D eigenvalue weighted by molar-refractivity contribution is 5.59. The molecule has 0 saturated carbocycles. The van der Waals surface area contributed by atoms with Gasteiger partial charge in [0.1, 0.15) is 11.6 Å². The summed E-state index contributed by atoms with van der Waals surface area (Å²) in [6, 6.07) is 6.03. The molecule has 0 aliphatic heterocycles. The van der Waals surface area contributed by atoms with Crippen molar-refractivity contribution in [2.75, 3.05) is 31.7 Å². The fraction of sp³-hybridized carbons (Fsp3) is 0.462. The van der Waals surface area contributed by atoms with Gasteiger partial charge in [0.25, 0.3) is 5.69 Å². The minimum Gasteiger partial charge on any atom is -0.396 e. The van der Waals surface area contributed by atoms with Crippen LogP contribution in [-0.2, 0) is 0 Å². The molecule has 1 aromatic carbocycles. The fourth-order valence-electron chi connectivity index (χ4n) is 1.82. The van der Waals surface area contributed by atoms with E-state index in [-0.39, 0.29) is 24.5 Å². The van der Waals surface area contributed by atoms with Gasteiger partial charge in [-0.1, -0.05) is 6.92 Å². The van der Waals surface area contributed by atoms with Gasteiger partial charge in [0.05, 0.1) is 18.1 Å². The largest absolute Gasteiger partial charge is 0.396 e. The lowest BCUT2D eigenvalue weighted by molar-refractivity contribution is -0.385.